The van der Waals surface area contributed by atoms with Crippen LogP contribution < -0.4 is 5.32 Å². The van der Waals surface area contributed by atoms with Crippen LogP contribution in [0.2, 0.25) is 0 Å². The Bertz CT molecular complexity index is 582. The van der Waals surface area contributed by atoms with E-state index in [1.54, 1.807) is 6.07 Å². The predicted octanol–water partition coefficient (Wildman–Crippen LogP) is 2.33. The molecule has 0 amide bonds. The van der Waals surface area contributed by atoms with Crippen molar-refractivity contribution in [3.8, 4) is 0 Å². The summed E-state index contributed by atoms with van der Waals surface area (Å²) in [7, 11) is 0. The molecular weight excluding hydrogens is 275 g/mol. The molecule has 0 saturated carbocycles. The van der Waals surface area contributed by atoms with Gasteiger partial charge in [0.1, 0.15) is 16.3 Å². The number of nitrogens with one attached hydrogen (secondary N) is 1. The number of nitrogens with zero attached hydrogens (tertiary/aromatic N) is 1. The molecule has 3 rings (SSSR count). The Morgan fingerprint density at radius 1 is 1.56 bits per heavy atom. The van der Waals surface area contributed by atoms with Crippen molar-refractivity contribution in [3.05, 3.63) is 29.0 Å². The van der Waals surface area contributed by atoms with E-state index in [0.717, 1.165) is 17.7 Å². The maximum absolute atomic E-state index is 13.4. The van der Waals surface area contributed by atoms with Gasteiger partial charge in [0.15, 0.2) is 5.78 Å². The van der Waals surface area contributed by atoms with Gasteiger partial charge < -0.3 is 5.32 Å². The SMILES string of the molecule is Cl.O=C(Cc1nc2c(F)cccc2s1)[C@@H]1CCN1. The van der Waals surface area contributed by atoms with Crippen LogP contribution in [0, 0.1) is 5.82 Å². The van der Waals surface area contributed by atoms with Gasteiger partial charge in [-0.25, -0.2) is 9.37 Å². The molecule has 18 heavy (non-hydrogen) atoms. The summed E-state index contributed by atoms with van der Waals surface area (Å²) < 4.78 is 14.2. The number of para-hydroxylation sites is 1. The van der Waals surface area contributed by atoms with Crippen LogP contribution in [-0.2, 0) is 11.2 Å². The number of halogens is 2. The number of Topliss-reactive ketones (excluding diaryl/α,β-unsaturated/α-hetero) is 1. The Balaban J connectivity index is 0.00000120. The van der Waals surface area contributed by atoms with Crippen LogP contribution in [0.15, 0.2) is 18.2 Å². The van der Waals surface area contributed by atoms with Gasteiger partial charge in [-0.15, -0.1) is 23.7 Å². The van der Waals surface area contributed by atoms with Gasteiger partial charge >= 0.3 is 0 Å². The molecule has 6 heteroatoms. The fourth-order valence-corrected chi connectivity index (χ4v) is 2.86. The van der Waals surface area contributed by atoms with Crippen LogP contribution in [0.5, 0.6) is 0 Å². The van der Waals surface area contributed by atoms with Gasteiger partial charge in [0.25, 0.3) is 0 Å². The van der Waals surface area contributed by atoms with E-state index in [0.29, 0.717) is 16.9 Å². The molecule has 1 aliphatic heterocycles. The smallest absolute Gasteiger partial charge is 0.156 e. The first-order chi connectivity index (χ1) is 8.24. The van der Waals surface area contributed by atoms with Crippen molar-refractivity contribution < 1.29 is 9.18 Å². The fourth-order valence-electron chi connectivity index (χ4n) is 1.87. The van der Waals surface area contributed by atoms with Gasteiger partial charge in [-0.2, -0.15) is 0 Å². The molecule has 96 valence electrons. The lowest BCUT2D eigenvalue weighted by molar-refractivity contribution is -0.121. The third kappa shape index (κ3) is 2.39. The van der Waals surface area contributed by atoms with E-state index in [2.05, 4.69) is 10.3 Å². The third-order valence-corrected chi connectivity index (χ3v) is 3.97. The quantitative estimate of drug-likeness (QED) is 0.942. The van der Waals surface area contributed by atoms with Crippen molar-refractivity contribution in [1.29, 1.82) is 0 Å². The molecule has 0 spiro atoms. The van der Waals surface area contributed by atoms with Gasteiger partial charge in [-0.05, 0) is 25.1 Å². The Hall–Kier alpha value is -1.04. The molecule has 1 fully saturated rings. The van der Waals surface area contributed by atoms with Crippen molar-refractivity contribution >= 4 is 39.7 Å². The average molecular weight is 287 g/mol. The number of ketones is 1. The minimum atomic E-state index is -0.320. The van der Waals surface area contributed by atoms with Crippen molar-refractivity contribution in [2.24, 2.45) is 0 Å². The summed E-state index contributed by atoms with van der Waals surface area (Å²) in [5.41, 5.74) is 0.377. The van der Waals surface area contributed by atoms with Gasteiger partial charge in [0.2, 0.25) is 0 Å². The lowest BCUT2D eigenvalue weighted by atomic mass is 10.0. The topological polar surface area (TPSA) is 42.0 Å². The number of hydrogen-bond donors (Lipinski definition) is 1. The average Bonchev–Trinajstić information content (AvgIpc) is 2.58. The summed E-state index contributed by atoms with van der Waals surface area (Å²) in [5.74, 6) is -0.171. The number of aromatic nitrogens is 1. The number of thiazole rings is 1. The van der Waals surface area contributed by atoms with E-state index >= 15 is 0 Å². The minimum Gasteiger partial charge on any atom is -0.307 e. The molecule has 2 aromatic rings. The summed E-state index contributed by atoms with van der Waals surface area (Å²) in [6, 6.07) is 4.86. The van der Waals surface area contributed by atoms with Crippen molar-refractivity contribution in [2.75, 3.05) is 6.54 Å². The molecule has 0 unspecified atom stereocenters. The molecule has 3 nitrogen and oxygen atoms in total. The summed E-state index contributed by atoms with van der Waals surface area (Å²) in [5, 5.41) is 3.76. The highest BCUT2D eigenvalue weighted by Crippen LogP contribution is 2.25. The molecule has 1 aromatic carbocycles. The van der Waals surface area contributed by atoms with Gasteiger partial charge in [-0.1, -0.05) is 6.07 Å². The summed E-state index contributed by atoms with van der Waals surface area (Å²) >= 11 is 1.39. The number of hydrogen-bond acceptors (Lipinski definition) is 4. The van der Waals surface area contributed by atoms with Crippen LogP contribution in [-0.4, -0.2) is 23.4 Å². The third-order valence-electron chi connectivity index (χ3n) is 2.95. The molecule has 1 N–H and O–H groups in total. The molecule has 0 bridgehead atoms. The first-order valence-electron chi connectivity index (χ1n) is 5.54. The zero-order valence-electron chi connectivity index (χ0n) is 9.48. The first-order valence-corrected chi connectivity index (χ1v) is 6.36. The van der Waals surface area contributed by atoms with E-state index in [4.69, 9.17) is 0 Å². The molecule has 1 aliphatic rings. The number of benzene rings is 1. The Morgan fingerprint density at radius 3 is 2.94 bits per heavy atom. The fraction of sp³-hybridized carbons (Fsp3) is 0.333. The largest absolute Gasteiger partial charge is 0.307 e. The molecule has 0 aliphatic carbocycles. The van der Waals surface area contributed by atoms with Crippen molar-refractivity contribution in [2.45, 2.75) is 18.9 Å². The first kappa shape index (κ1) is 13.4. The van der Waals surface area contributed by atoms with E-state index in [-0.39, 0.29) is 30.0 Å². The lowest BCUT2D eigenvalue weighted by Crippen LogP contribution is -2.49. The molecule has 1 saturated heterocycles. The standard InChI is InChI=1S/C12H11FN2OS.ClH/c13-7-2-1-3-10-12(7)15-11(17-10)6-9(16)8-4-5-14-8;/h1-3,8,14H,4-6H2;1H/t8-;/m0./s1. The molecule has 0 radical (unpaired) electrons. The molecule has 1 atom stereocenters. The zero-order chi connectivity index (χ0) is 11.8. The van der Waals surface area contributed by atoms with Gasteiger partial charge in [0.05, 0.1) is 17.2 Å². The van der Waals surface area contributed by atoms with Crippen molar-refractivity contribution in [3.63, 3.8) is 0 Å². The summed E-state index contributed by atoms with van der Waals surface area (Å²) in [6.45, 7) is 0.908. The lowest BCUT2D eigenvalue weighted by Gasteiger charge is -2.25. The monoisotopic (exact) mass is 286 g/mol. The highest BCUT2D eigenvalue weighted by molar-refractivity contribution is 7.18. The number of carbonyl (C=O) groups is 1. The Morgan fingerprint density at radius 2 is 2.33 bits per heavy atom. The van der Waals surface area contributed by atoms with Gasteiger partial charge in [-0.3, -0.25) is 4.79 Å². The van der Waals surface area contributed by atoms with E-state index in [1.807, 2.05) is 6.07 Å². The van der Waals surface area contributed by atoms with Gasteiger partial charge in [0, 0.05) is 0 Å². The number of rotatable bonds is 3. The summed E-state index contributed by atoms with van der Waals surface area (Å²) in [4.78, 5) is 16.0. The molecular formula is C12H12ClFN2OS. The van der Waals surface area contributed by atoms with Crippen LogP contribution in [0.4, 0.5) is 4.39 Å². The van der Waals surface area contributed by atoms with Crippen LogP contribution in [0.1, 0.15) is 11.4 Å². The second-order valence-corrected chi connectivity index (χ2v) is 5.25. The number of fused-ring (bicyclic) bond motifs is 1. The molecule has 2 heterocycles. The zero-order valence-corrected chi connectivity index (χ0v) is 11.1. The normalized spacial score (nSPS) is 18.2. The van der Waals surface area contributed by atoms with E-state index < -0.39 is 0 Å². The highest BCUT2D eigenvalue weighted by Gasteiger charge is 2.25. The maximum Gasteiger partial charge on any atom is 0.156 e. The van der Waals surface area contributed by atoms with E-state index in [1.165, 1.54) is 17.4 Å². The predicted molar refractivity (Wildman–Crippen MR) is 71.9 cm³/mol. The van der Waals surface area contributed by atoms with E-state index in [9.17, 15) is 9.18 Å². The summed E-state index contributed by atoms with van der Waals surface area (Å²) in [6.07, 6.45) is 1.20. The van der Waals surface area contributed by atoms with Crippen LogP contribution in [0.3, 0.4) is 0 Å². The number of carbonyl (C=O) groups excluding carboxylic acids is 1. The minimum absolute atomic E-state index is 0. The Labute approximate surface area is 114 Å². The highest BCUT2D eigenvalue weighted by atomic mass is 35.5. The van der Waals surface area contributed by atoms with Crippen LogP contribution >= 0.6 is 23.7 Å². The maximum atomic E-state index is 13.4. The molecule has 1 aromatic heterocycles. The second-order valence-electron chi connectivity index (χ2n) is 4.13. The Kier molecular flexibility index (Phi) is 3.94. The van der Waals surface area contributed by atoms with Crippen molar-refractivity contribution in [1.82, 2.24) is 10.3 Å². The van der Waals surface area contributed by atoms with Crippen LogP contribution in [0.25, 0.3) is 10.2 Å². The second kappa shape index (κ2) is 5.30.